The van der Waals surface area contributed by atoms with E-state index in [1.807, 2.05) is 6.92 Å². The predicted octanol–water partition coefficient (Wildman–Crippen LogP) is 5.44. The minimum absolute atomic E-state index is 0.146. The Morgan fingerprint density at radius 1 is 0.938 bits per heavy atom. The first-order valence-electron chi connectivity index (χ1n) is 9.81. The van der Waals surface area contributed by atoms with Gasteiger partial charge in [-0.25, -0.2) is 4.68 Å². The molecule has 9 heteroatoms. The van der Waals surface area contributed by atoms with Crippen molar-refractivity contribution >= 4 is 23.2 Å². The second-order valence-corrected chi connectivity index (χ2v) is 8.38. The molecule has 0 saturated carbocycles. The highest BCUT2D eigenvalue weighted by molar-refractivity contribution is 6.05. The highest BCUT2D eigenvalue weighted by atomic mass is 19.4. The molecule has 0 aliphatic carbocycles. The van der Waals surface area contributed by atoms with Crippen molar-refractivity contribution in [2.24, 2.45) is 5.41 Å². The summed E-state index contributed by atoms with van der Waals surface area (Å²) in [5, 5.41) is 9.13. The van der Waals surface area contributed by atoms with Crippen LogP contribution in [0.3, 0.4) is 0 Å². The number of amides is 2. The minimum atomic E-state index is -4.52. The fraction of sp³-hybridized carbons (Fsp3) is 0.261. The van der Waals surface area contributed by atoms with Gasteiger partial charge in [-0.05, 0) is 55.0 Å². The maximum absolute atomic E-state index is 12.7. The SMILES string of the molecule is Cc1ccc(NC(=O)c2ccc(-n3ccc(C(F)(F)F)n3)cc2)cc1NC(=O)C(C)(C)C. The van der Waals surface area contributed by atoms with Gasteiger partial charge in [0, 0.05) is 28.6 Å². The van der Waals surface area contributed by atoms with E-state index in [1.54, 1.807) is 39.0 Å². The Balaban J connectivity index is 1.73. The molecule has 2 amide bonds. The average Bonchev–Trinajstić information content (AvgIpc) is 3.20. The second-order valence-electron chi connectivity index (χ2n) is 8.38. The Hall–Kier alpha value is -3.62. The third-order valence-corrected chi connectivity index (χ3v) is 4.70. The fourth-order valence-electron chi connectivity index (χ4n) is 2.73. The molecule has 1 heterocycles. The lowest BCUT2D eigenvalue weighted by Gasteiger charge is -2.19. The Morgan fingerprint density at radius 3 is 2.16 bits per heavy atom. The summed E-state index contributed by atoms with van der Waals surface area (Å²) in [6, 6.07) is 12.1. The van der Waals surface area contributed by atoms with Gasteiger partial charge < -0.3 is 10.6 Å². The molecule has 2 N–H and O–H groups in total. The number of aryl methyl sites for hydroxylation is 1. The standard InChI is InChI=1S/C23H23F3N4O2/c1-14-5-8-16(13-18(14)28-21(32)22(2,3)4)27-20(31)15-6-9-17(10-7-15)30-12-11-19(29-30)23(24,25)26/h5-13H,1-4H3,(H,27,31)(H,28,32). The van der Waals surface area contributed by atoms with Crippen LogP contribution in [0, 0.1) is 12.3 Å². The van der Waals surface area contributed by atoms with Gasteiger partial charge in [-0.15, -0.1) is 0 Å². The molecule has 1 aromatic heterocycles. The van der Waals surface area contributed by atoms with E-state index in [1.165, 1.54) is 30.5 Å². The molecule has 0 aliphatic rings. The van der Waals surface area contributed by atoms with E-state index < -0.39 is 23.2 Å². The first-order valence-corrected chi connectivity index (χ1v) is 9.81. The minimum Gasteiger partial charge on any atom is -0.325 e. The summed E-state index contributed by atoms with van der Waals surface area (Å²) in [7, 11) is 0. The van der Waals surface area contributed by atoms with E-state index in [9.17, 15) is 22.8 Å². The molecule has 0 fully saturated rings. The number of benzene rings is 2. The summed E-state index contributed by atoms with van der Waals surface area (Å²) < 4.78 is 39.3. The van der Waals surface area contributed by atoms with Gasteiger partial charge in [0.15, 0.2) is 5.69 Å². The van der Waals surface area contributed by atoms with Crippen molar-refractivity contribution in [2.45, 2.75) is 33.9 Å². The van der Waals surface area contributed by atoms with Gasteiger partial charge in [0.25, 0.3) is 5.91 Å². The largest absolute Gasteiger partial charge is 0.435 e. The summed E-state index contributed by atoms with van der Waals surface area (Å²) in [6.07, 6.45) is -3.32. The fourth-order valence-corrected chi connectivity index (χ4v) is 2.73. The number of nitrogens with one attached hydrogen (secondary N) is 2. The molecule has 0 bridgehead atoms. The maximum atomic E-state index is 12.7. The van der Waals surface area contributed by atoms with E-state index in [0.717, 1.165) is 16.3 Å². The molecule has 168 valence electrons. The molecule has 0 unspecified atom stereocenters. The third kappa shape index (κ3) is 5.35. The molecule has 3 aromatic rings. The van der Waals surface area contributed by atoms with Crippen molar-refractivity contribution in [1.82, 2.24) is 9.78 Å². The van der Waals surface area contributed by atoms with Gasteiger partial charge >= 0.3 is 6.18 Å². The van der Waals surface area contributed by atoms with Gasteiger partial charge in [-0.3, -0.25) is 9.59 Å². The highest BCUT2D eigenvalue weighted by Gasteiger charge is 2.33. The number of rotatable bonds is 4. The average molecular weight is 444 g/mol. The van der Waals surface area contributed by atoms with Crippen molar-refractivity contribution in [3.05, 3.63) is 71.5 Å². The number of halogens is 3. The number of anilines is 2. The van der Waals surface area contributed by atoms with Crippen molar-refractivity contribution < 1.29 is 22.8 Å². The van der Waals surface area contributed by atoms with Crippen LogP contribution in [0.4, 0.5) is 24.5 Å². The van der Waals surface area contributed by atoms with Gasteiger partial charge in [0.1, 0.15) is 0 Å². The Morgan fingerprint density at radius 2 is 1.59 bits per heavy atom. The second kappa shape index (κ2) is 8.49. The number of carbonyl (C=O) groups excluding carboxylic acids is 2. The number of nitrogens with zero attached hydrogens (tertiary/aromatic N) is 2. The van der Waals surface area contributed by atoms with Crippen LogP contribution in [0.1, 0.15) is 42.4 Å². The maximum Gasteiger partial charge on any atom is 0.435 e. The highest BCUT2D eigenvalue weighted by Crippen LogP contribution is 2.28. The number of carbonyl (C=O) groups is 2. The Kier molecular flexibility index (Phi) is 6.11. The number of hydrogen-bond acceptors (Lipinski definition) is 3. The zero-order valence-electron chi connectivity index (χ0n) is 18.0. The molecular weight excluding hydrogens is 421 g/mol. The zero-order chi connectivity index (χ0) is 23.7. The van der Waals surface area contributed by atoms with Crippen LogP contribution in [0.25, 0.3) is 5.69 Å². The summed E-state index contributed by atoms with van der Waals surface area (Å²) in [6.45, 7) is 7.27. The monoisotopic (exact) mass is 444 g/mol. The zero-order valence-corrected chi connectivity index (χ0v) is 18.0. The van der Waals surface area contributed by atoms with Crippen molar-refractivity contribution in [3.63, 3.8) is 0 Å². The summed E-state index contributed by atoms with van der Waals surface area (Å²) in [5.41, 5.74) is 1.09. The Bertz CT molecular complexity index is 1140. The van der Waals surface area contributed by atoms with Crippen molar-refractivity contribution in [2.75, 3.05) is 10.6 Å². The molecular formula is C23H23F3N4O2. The van der Waals surface area contributed by atoms with Gasteiger partial charge in [0.05, 0.1) is 5.69 Å². The van der Waals surface area contributed by atoms with Gasteiger partial charge in [0.2, 0.25) is 5.91 Å². The summed E-state index contributed by atoms with van der Waals surface area (Å²) in [5.74, 6) is -0.545. The van der Waals surface area contributed by atoms with Gasteiger partial charge in [-0.2, -0.15) is 18.3 Å². The number of alkyl halides is 3. The van der Waals surface area contributed by atoms with Crippen molar-refractivity contribution in [3.8, 4) is 5.69 Å². The van der Waals surface area contributed by atoms with E-state index in [0.29, 0.717) is 22.6 Å². The smallest absolute Gasteiger partial charge is 0.325 e. The topological polar surface area (TPSA) is 76.0 Å². The summed E-state index contributed by atoms with van der Waals surface area (Å²) >= 11 is 0. The van der Waals surface area contributed by atoms with E-state index >= 15 is 0 Å². The van der Waals surface area contributed by atoms with E-state index in [2.05, 4.69) is 15.7 Å². The first kappa shape index (κ1) is 23.1. The van der Waals surface area contributed by atoms with Crippen LogP contribution in [-0.2, 0) is 11.0 Å². The molecule has 0 saturated heterocycles. The van der Waals surface area contributed by atoms with Crippen LogP contribution in [0.15, 0.2) is 54.7 Å². The van der Waals surface area contributed by atoms with Crippen LogP contribution < -0.4 is 10.6 Å². The lowest BCUT2D eigenvalue weighted by atomic mass is 9.95. The van der Waals surface area contributed by atoms with Crippen LogP contribution in [0.2, 0.25) is 0 Å². The van der Waals surface area contributed by atoms with E-state index in [4.69, 9.17) is 0 Å². The van der Waals surface area contributed by atoms with Crippen molar-refractivity contribution in [1.29, 1.82) is 0 Å². The lowest BCUT2D eigenvalue weighted by molar-refractivity contribution is -0.141. The lowest BCUT2D eigenvalue weighted by Crippen LogP contribution is -2.28. The summed E-state index contributed by atoms with van der Waals surface area (Å²) in [4.78, 5) is 24.9. The molecule has 0 aliphatic heterocycles. The number of aromatic nitrogens is 2. The molecule has 6 nitrogen and oxygen atoms in total. The molecule has 0 radical (unpaired) electrons. The van der Waals surface area contributed by atoms with Crippen LogP contribution in [-0.4, -0.2) is 21.6 Å². The number of hydrogen-bond donors (Lipinski definition) is 2. The quantitative estimate of drug-likeness (QED) is 0.563. The third-order valence-electron chi connectivity index (χ3n) is 4.70. The molecule has 32 heavy (non-hydrogen) atoms. The van der Waals surface area contributed by atoms with Crippen LogP contribution in [0.5, 0.6) is 0 Å². The van der Waals surface area contributed by atoms with E-state index in [-0.39, 0.29) is 5.91 Å². The van der Waals surface area contributed by atoms with Crippen LogP contribution >= 0.6 is 0 Å². The molecule has 2 aromatic carbocycles. The normalized spacial score (nSPS) is 11.8. The Labute approximate surface area is 183 Å². The molecule has 0 spiro atoms. The molecule has 0 atom stereocenters. The predicted molar refractivity (Wildman–Crippen MR) is 116 cm³/mol. The first-order chi connectivity index (χ1) is 14.8. The molecule has 3 rings (SSSR count). The van der Waals surface area contributed by atoms with Gasteiger partial charge in [-0.1, -0.05) is 26.8 Å².